The molecule has 0 saturated carbocycles. The number of para-hydroxylation sites is 1. The van der Waals surface area contributed by atoms with Gasteiger partial charge in [0, 0.05) is 41.5 Å². The number of aromatic nitrogens is 3. The van der Waals surface area contributed by atoms with Crippen molar-refractivity contribution in [3.05, 3.63) is 107 Å². The van der Waals surface area contributed by atoms with Crippen LogP contribution in [0.15, 0.2) is 106 Å². The number of rotatable bonds is 9. The number of hydrogen-bond acceptors (Lipinski definition) is 6. The second-order valence-corrected chi connectivity index (χ2v) is 11.9. The first-order valence-corrected chi connectivity index (χ1v) is 15.0. The van der Waals surface area contributed by atoms with Gasteiger partial charge in [-0.2, -0.15) is 5.10 Å². The monoisotopic (exact) mass is 593 g/mol. The second-order valence-electron chi connectivity index (χ2n) is 10.8. The van der Waals surface area contributed by atoms with E-state index >= 15 is 0 Å². The fourth-order valence-corrected chi connectivity index (χ4v) is 5.84. The van der Waals surface area contributed by atoms with Crippen LogP contribution in [0.25, 0.3) is 22.5 Å². The molecule has 220 valence electrons. The quantitative estimate of drug-likeness (QED) is 0.170. The highest BCUT2D eigenvalue weighted by atomic mass is 32.2. The van der Waals surface area contributed by atoms with Crippen LogP contribution in [0.3, 0.4) is 0 Å². The molecule has 43 heavy (non-hydrogen) atoms. The first kappa shape index (κ1) is 29.7. The number of aromatic amines is 1. The van der Waals surface area contributed by atoms with E-state index < -0.39 is 5.56 Å². The number of anilines is 2. The number of benzene rings is 3. The van der Waals surface area contributed by atoms with Crippen LogP contribution in [-0.4, -0.2) is 37.9 Å². The Morgan fingerprint density at radius 2 is 1.63 bits per heavy atom. The zero-order chi connectivity index (χ0) is 30.7. The Morgan fingerprint density at radius 1 is 0.953 bits per heavy atom. The molecule has 0 bridgehead atoms. The van der Waals surface area contributed by atoms with Gasteiger partial charge in [-0.25, -0.2) is 0 Å². The third-order valence-corrected chi connectivity index (χ3v) is 7.95. The van der Waals surface area contributed by atoms with Crippen molar-refractivity contribution in [3.8, 4) is 28.3 Å². The van der Waals surface area contributed by atoms with E-state index in [1.807, 2.05) is 125 Å². The van der Waals surface area contributed by atoms with Gasteiger partial charge in [-0.3, -0.25) is 14.3 Å². The third kappa shape index (κ3) is 6.36. The van der Waals surface area contributed by atoms with E-state index in [4.69, 9.17) is 0 Å². The average Bonchev–Trinajstić information content (AvgIpc) is 3.42. The Balaban J connectivity index is 1.56. The summed E-state index contributed by atoms with van der Waals surface area (Å²) in [5.41, 5.74) is 4.21. The Kier molecular flexibility index (Phi) is 8.73. The number of H-pyrrole nitrogens is 1. The smallest absolute Gasteiger partial charge is 0.266 e. The normalized spacial score (nSPS) is 11.2. The summed E-state index contributed by atoms with van der Waals surface area (Å²) >= 11 is 1.19. The van der Waals surface area contributed by atoms with Crippen molar-refractivity contribution in [3.63, 3.8) is 0 Å². The van der Waals surface area contributed by atoms with Crippen LogP contribution in [0.4, 0.5) is 11.4 Å². The lowest BCUT2D eigenvalue weighted by Crippen LogP contribution is -2.30. The van der Waals surface area contributed by atoms with Crippen molar-refractivity contribution < 1.29 is 9.90 Å². The molecule has 0 saturated heterocycles. The van der Waals surface area contributed by atoms with Gasteiger partial charge in [0.15, 0.2) is 5.75 Å². The molecule has 8 nitrogen and oxygen atoms in total. The second kappa shape index (κ2) is 12.6. The predicted molar refractivity (Wildman–Crippen MR) is 173 cm³/mol. The van der Waals surface area contributed by atoms with Crippen LogP contribution in [0, 0.1) is 0 Å². The maximum Gasteiger partial charge on any atom is 0.266 e. The van der Waals surface area contributed by atoms with Gasteiger partial charge in [0.2, 0.25) is 0 Å². The largest absolute Gasteiger partial charge is 0.504 e. The fourth-order valence-electron chi connectivity index (χ4n) is 4.99. The third-order valence-electron chi connectivity index (χ3n) is 6.86. The van der Waals surface area contributed by atoms with Gasteiger partial charge in [0.25, 0.3) is 11.5 Å². The molecule has 0 aliphatic carbocycles. The van der Waals surface area contributed by atoms with Gasteiger partial charge in [0.05, 0.1) is 5.69 Å². The zero-order valence-corrected chi connectivity index (χ0v) is 25.6. The summed E-state index contributed by atoms with van der Waals surface area (Å²) in [5.74, 6) is -0.249. The molecule has 0 aliphatic rings. The highest BCUT2D eigenvalue weighted by molar-refractivity contribution is 7.99. The molecule has 5 aromatic rings. The van der Waals surface area contributed by atoms with E-state index in [1.165, 1.54) is 11.8 Å². The maximum atomic E-state index is 13.5. The molecule has 0 unspecified atom stereocenters. The number of carbonyl (C=O) groups excluding carboxylic acids is 1. The minimum Gasteiger partial charge on any atom is -0.504 e. The molecule has 0 atom stereocenters. The van der Waals surface area contributed by atoms with Crippen LogP contribution in [-0.2, 0) is 7.05 Å². The molecule has 3 N–H and O–H groups in total. The van der Waals surface area contributed by atoms with E-state index in [2.05, 4.69) is 15.4 Å². The van der Waals surface area contributed by atoms with E-state index in [1.54, 1.807) is 10.9 Å². The minimum atomic E-state index is -0.413. The molecular weight excluding hydrogens is 558 g/mol. The number of aryl methyl sites for hydroxylation is 1. The molecule has 0 radical (unpaired) electrons. The van der Waals surface area contributed by atoms with Crippen LogP contribution in [0.2, 0.25) is 0 Å². The summed E-state index contributed by atoms with van der Waals surface area (Å²) in [7, 11) is 1.81. The first-order chi connectivity index (χ1) is 20.6. The number of carbonyl (C=O) groups is 1. The number of hydrogen-bond donors (Lipinski definition) is 3. The summed E-state index contributed by atoms with van der Waals surface area (Å²) in [6.45, 7) is 7.92. The predicted octanol–water partition coefficient (Wildman–Crippen LogP) is 6.98. The average molecular weight is 594 g/mol. The minimum absolute atomic E-state index is 0.0209. The summed E-state index contributed by atoms with van der Waals surface area (Å²) in [6.07, 6.45) is 1.80. The Bertz CT molecular complexity index is 1790. The highest BCUT2D eigenvalue weighted by Gasteiger charge is 2.27. The van der Waals surface area contributed by atoms with Gasteiger partial charge in [-0.1, -0.05) is 60.3 Å². The zero-order valence-electron chi connectivity index (χ0n) is 24.8. The Morgan fingerprint density at radius 3 is 2.26 bits per heavy atom. The number of nitrogens with zero attached hydrogens (tertiary/aromatic N) is 3. The van der Waals surface area contributed by atoms with E-state index in [9.17, 15) is 14.7 Å². The van der Waals surface area contributed by atoms with Gasteiger partial charge in [-0.15, -0.1) is 0 Å². The lowest BCUT2D eigenvalue weighted by Gasteiger charge is -2.31. The standard InChI is InChI=1S/C34H35N5O3S/c1-21(2)35-33(41)27-14-10-9-13-26(27)23-15-17-25(18-16-23)43-32-31(40)30(39(22(3)4)24-11-7-6-8-12-24)29(36-34(32)42)28-19-20-38(5)37-28/h6-22H,1-5H3,(H,35,41)(H2,36,40,42). The van der Waals surface area contributed by atoms with Crippen LogP contribution >= 0.6 is 11.8 Å². The van der Waals surface area contributed by atoms with Gasteiger partial charge >= 0.3 is 0 Å². The molecule has 0 fully saturated rings. The summed E-state index contributed by atoms with van der Waals surface area (Å²) in [4.78, 5) is 32.3. The number of pyridine rings is 1. The van der Waals surface area contributed by atoms with Crippen LogP contribution < -0.4 is 15.8 Å². The molecule has 0 aliphatic heterocycles. The summed E-state index contributed by atoms with van der Waals surface area (Å²) < 4.78 is 1.66. The summed E-state index contributed by atoms with van der Waals surface area (Å²) in [6, 6.07) is 26.6. The van der Waals surface area contributed by atoms with Crippen molar-refractivity contribution in [2.24, 2.45) is 7.05 Å². The summed E-state index contributed by atoms with van der Waals surface area (Å²) in [5, 5.41) is 19.3. The van der Waals surface area contributed by atoms with Crippen molar-refractivity contribution in [2.45, 2.75) is 49.6 Å². The fraction of sp³-hybridized carbons (Fsp3) is 0.206. The molecule has 0 spiro atoms. The van der Waals surface area contributed by atoms with Crippen molar-refractivity contribution in [2.75, 3.05) is 4.90 Å². The first-order valence-electron chi connectivity index (χ1n) is 14.2. The molecular formula is C34H35N5O3S. The SMILES string of the molecule is CC(C)NC(=O)c1ccccc1-c1ccc(Sc2c(O)c(N(c3ccccc3)C(C)C)c(-c3ccn(C)n3)[nH]c2=O)cc1. The van der Waals surface area contributed by atoms with Crippen LogP contribution in [0.1, 0.15) is 38.1 Å². The molecule has 9 heteroatoms. The maximum absolute atomic E-state index is 13.5. The molecule has 1 amide bonds. The lowest BCUT2D eigenvalue weighted by molar-refractivity contribution is 0.0943. The van der Waals surface area contributed by atoms with Crippen molar-refractivity contribution in [1.82, 2.24) is 20.1 Å². The lowest BCUT2D eigenvalue weighted by atomic mass is 9.99. The molecule has 2 heterocycles. The van der Waals surface area contributed by atoms with Gasteiger partial charge < -0.3 is 20.3 Å². The number of nitrogens with one attached hydrogen (secondary N) is 2. The van der Waals surface area contributed by atoms with E-state index in [-0.39, 0.29) is 28.6 Å². The Labute approximate surface area is 255 Å². The highest BCUT2D eigenvalue weighted by Crippen LogP contribution is 2.45. The van der Waals surface area contributed by atoms with Gasteiger partial charge in [-0.05, 0) is 75.2 Å². The molecule has 5 rings (SSSR count). The topological polar surface area (TPSA) is 103 Å². The Hall–Kier alpha value is -4.76. The molecule has 2 aromatic heterocycles. The van der Waals surface area contributed by atoms with Crippen molar-refractivity contribution >= 4 is 29.0 Å². The molecule has 3 aromatic carbocycles. The van der Waals surface area contributed by atoms with E-state index in [0.29, 0.717) is 22.6 Å². The van der Waals surface area contributed by atoms with E-state index in [0.717, 1.165) is 21.7 Å². The number of amides is 1. The van der Waals surface area contributed by atoms with Crippen LogP contribution in [0.5, 0.6) is 5.75 Å². The van der Waals surface area contributed by atoms with Crippen molar-refractivity contribution in [1.29, 1.82) is 0 Å². The number of aromatic hydroxyl groups is 1. The van der Waals surface area contributed by atoms with Gasteiger partial charge in [0.1, 0.15) is 16.3 Å².